The minimum atomic E-state index is -0.184. The number of hydrogen-bond acceptors (Lipinski definition) is 7. The molecule has 8 heteroatoms. The summed E-state index contributed by atoms with van der Waals surface area (Å²) in [5, 5.41) is 2.95. The quantitative estimate of drug-likeness (QED) is 0.575. The summed E-state index contributed by atoms with van der Waals surface area (Å²) in [4.78, 5) is 22.3. The van der Waals surface area contributed by atoms with Crippen LogP contribution in [-0.2, 0) is 4.79 Å². The highest BCUT2D eigenvalue weighted by Crippen LogP contribution is 2.25. The van der Waals surface area contributed by atoms with Crippen LogP contribution in [-0.4, -0.2) is 49.2 Å². The Morgan fingerprint density at radius 2 is 2.00 bits per heavy atom. The predicted molar refractivity (Wildman–Crippen MR) is 116 cm³/mol. The predicted octanol–water partition coefficient (Wildman–Crippen LogP) is 1.75. The normalized spacial score (nSPS) is 15.5. The lowest BCUT2D eigenvalue weighted by molar-refractivity contribution is -0.117. The van der Waals surface area contributed by atoms with E-state index in [4.69, 9.17) is 15.2 Å². The Morgan fingerprint density at radius 3 is 2.67 bits per heavy atom. The molecule has 2 aromatic rings. The topological polar surface area (TPSA) is 103 Å². The molecular weight excluding hydrogens is 382 g/mol. The van der Waals surface area contributed by atoms with Gasteiger partial charge in [0.05, 0.1) is 14.2 Å². The zero-order valence-corrected chi connectivity index (χ0v) is 17.1. The Bertz CT molecular complexity index is 974. The summed E-state index contributed by atoms with van der Waals surface area (Å²) in [5.74, 6) is 8.28. The van der Waals surface area contributed by atoms with E-state index in [2.05, 4.69) is 38.6 Å². The maximum Gasteiger partial charge on any atom is 0.243 e. The molecule has 0 saturated carbocycles. The zero-order chi connectivity index (χ0) is 21.5. The molecule has 8 nitrogen and oxygen atoms in total. The average molecular weight is 407 g/mol. The van der Waals surface area contributed by atoms with Gasteiger partial charge in [-0.3, -0.25) is 4.79 Å². The summed E-state index contributed by atoms with van der Waals surface area (Å²) in [6.45, 7) is 4.91. The first-order chi connectivity index (χ1) is 14.5. The number of carbonyl (C=O) groups excluding carboxylic acids is 1. The Balaban J connectivity index is 1.91. The maximum atomic E-state index is 11.7. The molecule has 1 unspecified atom stereocenters. The fourth-order valence-corrected chi connectivity index (χ4v) is 3.31. The molecule has 1 saturated heterocycles. The summed E-state index contributed by atoms with van der Waals surface area (Å²) in [7, 11) is 3.18. The second kappa shape index (κ2) is 9.65. The van der Waals surface area contributed by atoms with Crippen molar-refractivity contribution in [1.29, 1.82) is 0 Å². The molecule has 0 spiro atoms. The number of benzene rings is 1. The third-order valence-corrected chi connectivity index (χ3v) is 4.79. The van der Waals surface area contributed by atoms with E-state index in [1.165, 1.54) is 12.4 Å². The van der Waals surface area contributed by atoms with Gasteiger partial charge in [0, 0.05) is 30.8 Å². The largest absolute Gasteiger partial charge is 0.497 e. The van der Waals surface area contributed by atoms with Crippen LogP contribution in [0.5, 0.6) is 11.5 Å². The van der Waals surface area contributed by atoms with Gasteiger partial charge in [-0.2, -0.15) is 0 Å². The minimum Gasteiger partial charge on any atom is -0.497 e. The third kappa shape index (κ3) is 5.00. The highest BCUT2D eigenvalue weighted by molar-refractivity contribution is 5.87. The average Bonchev–Trinajstić information content (AvgIpc) is 2.77. The number of ether oxygens (including phenoxy) is 2. The smallest absolute Gasteiger partial charge is 0.243 e. The number of piperidine rings is 1. The molecule has 1 atom stereocenters. The minimum absolute atomic E-state index is 0.00361. The van der Waals surface area contributed by atoms with Gasteiger partial charge in [0.2, 0.25) is 5.91 Å². The highest BCUT2D eigenvalue weighted by Gasteiger charge is 2.24. The van der Waals surface area contributed by atoms with E-state index in [-0.39, 0.29) is 11.9 Å². The summed E-state index contributed by atoms with van der Waals surface area (Å²) in [6.07, 6.45) is 4.50. The molecule has 1 aromatic carbocycles. The van der Waals surface area contributed by atoms with Crippen LogP contribution >= 0.6 is 0 Å². The molecule has 1 amide bonds. The van der Waals surface area contributed by atoms with Gasteiger partial charge in [-0.1, -0.05) is 18.4 Å². The molecule has 3 N–H and O–H groups in total. The van der Waals surface area contributed by atoms with Crippen LogP contribution in [0.4, 0.5) is 11.6 Å². The molecule has 3 rings (SSSR count). The number of hydrogen-bond donors (Lipinski definition) is 2. The molecule has 2 heterocycles. The lowest BCUT2D eigenvalue weighted by Gasteiger charge is -2.34. The number of nitrogens with two attached hydrogens (primary N) is 1. The number of rotatable bonds is 5. The Morgan fingerprint density at radius 1 is 1.27 bits per heavy atom. The lowest BCUT2D eigenvalue weighted by atomic mass is 10.0. The van der Waals surface area contributed by atoms with Gasteiger partial charge in [-0.25, -0.2) is 9.97 Å². The Kier molecular flexibility index (Phi) is 6.75. The number of carbonyl (C=O) groups is 1. The molecule has 156 valence electrons. The van der Waals surface area contributed by atoms with E-state index < -0.39 is 0 Å². The number of amides is 1. The van der Waals surface area contributed by atoms with Crippen LogP contribution in [0.25, 0.3) is 0 Å². The first kappa shape index (κ1) is 21.0. The van der Waals surface area contributed by atoms with Crippen LogP contribution in [0.3, 0.4) is 0 Å². The standard InChI is InChI=1S/C22H25N5O3/c1-4-20(28)26-16-6-5-9-27(13-16)22-19(21(23)24-14-25-22)8-7-15-10-17(29-2)12-18(11-15)30-3/h4,10-12,14,16H,1,5-6,9,13H2,2-3H3,(H,26,28)(H2,23,24,25). The molecule has 30 heavy (non-hydrogen) atoms. The Hall–Kier alpha value is -3.73. The summed E-state index contributed by atoms with van der Waals surface area (Å²) >= 11 is 0. The van der Waals surface area contributed by atoms with Crippen LogP contribution in [0.1, 0.15) is 24.0 Å². The fraction of sp³-hybridized carbons (Fsp3) is 0.318. The van der Waals surface area contributed by atoms with Gasteiger partial charge >= 0.3 is 0 Å². The summed E-state index contributed by atoms with van der Waals surface area (Å²) in [5.41, 5.74) is 7.40. The molecule has 1 aromatic heterocycles. The van der Waals surface area contributed by atoms with E-state index in [0.29, 0.717) is 35.2 Å². The van der Waals surface area contributed by atoms with Gasteiger partial charge in [0.15, 0.2) is 0 Å². The highest BCUT2D eigenvalue weighted by atomic mass is 16.5. The maximum absolute atomic E-state index is 11.7. The second-order valence-electron chi connectivity index (χ2n) is 6.81. The van der Waals surface area contributed by atoms with Gasteiger partial charge < -0.3 is 25.4 Å². The summed E-state index contributed by atoms with van der Waals surface area (Å²) < 4.78 is 10.6. The van der Waals surface area contributed by atoms with Crippen molar-refractivity contribution in [3.8, 4) is 23.3 Å². The van der Waals surface area contributed by atoms with E-state index in [0.717, 1.165) is 24.9 Å². The van der Waals surface area contributed by atoms with Crippen molar-refractivity contribution in [3.05, 3.63) is 48.3 Å². The number of nitrogens with one attached hydrogen (secondary N) is 1. The van der Waals surface area contributed by atoms with Crippen molar-refractivity contribution in [2.75, 3.05) is 37.9 Å². The van der Waals surface area contributed by atoms with Crippen molar-refractivity contribution in [3.63, 3.8) is 0 Å². The molecule has 0 bridgehead atoms. The van der Waals surface area contributed by atoms with Gasteiger partial charge in [0.25, 0.3) is 0 Å². The molecule has 1 aliphatic heterocycles. The molecular formula is C22H25N5O3. The lowest BCUT2D eigenvalue weighted by Crippen LogP contribution is -2.47. The van der Waals surface area contributed by atoms with Crippen LogP contribution in [0.15, 0.2) is 37.2 Å². The molecule has 1 aliphatic rings. The van der Waals surface area contributed by atoms with E-state index >= 15 is 0 Å². The van der Waals surface area contributed by atoms with Crippen LogP contribution in [0, 0.1) is 11.8 Å². The second-order valence-corrected chi connectivity index (χ2v) is 6.81. The number of anilines is 2. The zero-order valence-electron chi connectivity index (χ0n) is 17.1. The number of aromatic nitrogens is 2. The van der Waals surface area contributed by atoms with Gasteiger partial charge in [0.1, 0.15) is 35.0 Å². The van der Waals surface area contributed by atoms with Crippen molar-refractivity contribution >= 4 is 17.5 Å². The Labute approximate surface area is 176 Å². The van der Waals surface area contributed by atoms with Crippen LogP contribution < -0.4 is 25.4 Å². The van der Waals surface area contributed by atoms with E-state index in [9.17, 15) is 4.79 Å². The van der Waals surface area contributed by atoms with Crippen LogP contribution in [0.2, 0.25) is 0 Å². The van der Waals surface area contributed by atoms with E-state index in [1.807, 2.05) is 12.1 Å². The van der Waals surface area contributed by atoms with Gasteiger partial charge in [-0.15, -0.1) is 0 Å². The van der Waals surface area contributed by atoms with Crippen molar-refractivity contribution in [2.45, 2.75) is 18.9 Å². The first-order valence-corrected chi connectivity index (χ1v) is 9.57. The monoisotopic (exact) mass is 407 g/mol. The number of nitrogens with zero attached hydrogens (tertiary/aromatic N) is 3. The summed E-state index contributed by atoms with van der Waals surface area (Å²) in [6, 6.07) is 5.42. The van der Waals surface area contributed by atoms with Crippen molar-refractivity contribution in [2.24, 2.45) is 0 Å². The molecule has 0 radical (unpaired) electrons. The number of methoxy groups -OCH3 is 2. The number of nitrogen functional groups attached to an aromatic ring is 1. The molecule has 0 aliphatic carbocycles. The molecule has 1 fully saturated rings. The van der Waals surface area contributed by atoms with Crippen molar-refractivity contribution < 1.29 is 14.3 Å². The SMILES string of the molecule is C=CC(=O)NC1CCCN(c2ncnc(N)c2C#Cc2cc(OC)cc(OC)c2)C1. The van der Waals surface area contributed by atoms with Crippen molar-refractivity contribution in [1.82, 2.24) is 15.3 Å². The van der Waals surface area contributed by atoms with E-state index in [1.54, 1.807) is 20.3 Å². The van der Waals surface area contributed by atoms with Gasteiger partial charge in [-0.05, 0) is 31.1 Å². The third-order valence-electron chi connectivity index (χ3n) is 4.79. The fourth-order valence-electron chi connectivity index (χ4n) is 3.31. The first-order valence-electron chi connectivity index (χ1n) is 9.57.